The van der Waals surface area contributed by atoms with E-state index in [0.29, 0.717) is 30.7 Å². The third-order valence-corrected chi connectivity index (χ3v) is 2.24. The summed E-state index contributed by atoms with van der Waals surface area (Å²) in [7, 11) is 1.66. The number of methoxy groups -OCH3 is 1. The Labute approximate surface area is 102 Å². The van der Waals surface area contributed by atoms with E-state index in [2.05, 4.69) is 10.1 Å². The largest absolute Gasteiger partial charge is 0.385 e. The van der Waals surface area contributed by atoms with E-state index in [9.17, 15) is 4.79 Å². The van der Waals surface area contributed by atoms with Crippen molar-refractivity contribution in [3.8, 4) is 0 Å². The Balaban J connectivity index is 2.37. The van der Waals surface area contributed by atoms with Crippen molar-refractivity contribution >= 4 is 5.78 Å². The van der Waals surface area contributed by atoms with Crippen LogP contribution in [0.3, 0.4) is 0 Å². The van der Waals surface area contributed by atoms with E-state index in [1.54, 1.807) is 7.11 Å². The van der Waals surface area contributed by atoms with Crippen molar-refractivity contribution in [1.82, 2.24) is 10.1 Å². The highest BCUT2D eigenvalue weighted by Gasteiger charge is 2.12. The van der Waals surface area contributed by atoms with Gasteiger partial charge in [0.05, 0.1) is 6.42 Å². The van der Waals surface area contributed by atoms with Gasteiger partial charge in [0.15, 0.2) is 5.82 Å². The average Bonchev–Trinajstić information content (AvgIpc) is 2.64. The fraction of sp³-hybridized carbons (Fsp3) is 0.750. The van der Waals surface area contributed by atoms with Gasteiger partial charge in [0.25, 0.3) is 0 Å². The van der Waals surface area contributed by atoms with Crippen LogP contribution in [0.1, 0.15) is 38.4 Å². The lowest BCUT2D eigenvalue weighted by molar-refractivity contribution is -0.119. The van der Waals surface area contributed by atoms with E-state index in [0.717, 1.165) is 12.8 Å². The minimum absolute atomic E-state index is 0.145. The molecule has 5 heteroatoms. The summed E-state index contributed by atoms with van der Waals surface area (Å²) < 4.78 is 9.96. The summed E-state index contributed by atoms with van der Waals surface area (Å²) in [6.45, 7) is 4.71. The lowest BCUT2D eigenvalue weighted by Gasteiger charge is -2.00. The second-order valence-corrected chi connectivity index (χ2v) is 4.51. The van der Waals surface area contributed by atoms with Crippen LogP contribution in [0, 0.1) is 5.92 Å². The minimum atomic E-state index is 0.145. The maximum atomic E-state index is 11.5. The van der Waals surface area contributed by atoms with Gasteiger partial charge < -0.3 is 9.26 Å². The molecule has 1 rings (SSSR count). The van der Waals surface area contributed by atoms with Gasteiger partial charge in [-0.25, -0.2) is 0 Å². The molecule has 0 bridgehead atoms. The minimum Gasteiger partial charge on any atom is -0.385 e. The van der Waals surface area contributed by atoms with Crippen molar-refractivity contribution in [2.45, 2.75) is 39.5 Å². The summed E-state index contributed by atoms with van der Waals surface area (Å²) in [5, 5.41) is 3.83. The van der Waals surface area contributed by atoms with Crippen LogP contribution in [-0.2, 0) is 22.4 Å². The van der Waals surface area contributed by atoms with Gasteiger partial charge >= 0.3 is 0 Å². The predicted molar refractivity (Wildman–Crippen MR) is 62.7 cm³/mol. The van der Waals surface area contributed by atoms with E-state index in [1.807, 2.05) is 13.8 Å². The second-order valence-electron chi connectivity index (χ2n) is 4.51. The standard InChI is InChI=1S/C12H20N2O3/c1-9(2)7-10(15)8-12-13-11(14-17-12)5-4-6-16-3/h9H,4-8H2,1-3H3. The number of carbonyl (C=O) groups is 1. The molecule has 0 aliphatic rings. The number of carbonyl (C=O) groups excluding carboxylic acids is 1. The summed E-state index contributed by atoms with van der Waals surface area (Å²) >= 11 is 0. The topological polar surface area (TPSA) is 65.2 Å². The molecule has 1 heterocycles. The predicted octanol–water partition coefficient (Wildman–Crippen LogP) is 1.81. The highest BCUT2D eigenvalue weighted by molar-refractivity contribution is 5.80. The fourth-order valence-corrected chi connectivity index (χ4v) is 1.53. The first-order chi connectivity index (χ1) is 8.11. The van der Waals surface area contributed by atoms with Gasteiger partial charge in [0.2, 0.25) is 5.89 Å². The Hall–Kier alpha value is -1.23. The third-order valence-electron chi connectivity index (χ3n) is 2.24. The number of ketones is 1. The first-order valence-electron chi connectivity index (χ1n) is 5.94. The Bertz CT molecular complexity index is 347. The van der Waals surface area contributed by atoms with Crippen LogP contribution in [0.5, 0.6) is 0 Å². The smallest absolute Gasteiger partial charge is 0.234 e. The maximum absolute atomic E-state index is 11.5. The first kappa shape index (κ1) is 13.8. The molecule has 0 unspecified atom stereocenters. The van der Waals surface area contributed by atoms with Crippen LogP contribution < -0.4 is 0 Å². The molecule has 0 amide bonds. The molecule has 5 nitrogen and oxygen atoms in total. The van der Waals surface area contributed by atoms with Crippen molar-refractivity contribution in [1.29, 1.82) is 0 Å². The molecule has 0 aliphatic carbocycles. The Kier molecular flexibility index (Phi) is 5.83. The molecule has 17 heavy (non-hydrogen) atoms. The van der Waals surface area contributed by atoms with Crippen molar-refractivity contribution in [2.24, 2.45) is 5.92 Å². The van der Waals surface area contributed by atoms with E-state index in [-0.39, 0.29) is 12.2 Å². The first-order valence-corrected chi connectivity index (χ1v) is 5.94. The number of aromatic nitrogens is 2. The molecule has 1 aromatic heterocycles. The molecule has 0 saturated carbocycles. The van der Waals surface area contributed by atoms with Crippen LogP contribution in [-0.4, -0.2) is 29.6 Å². The molecule has 0 fully saturated rings. The van der Waals surface area contributed by atoms with Gasteiger partial charge in [-0.15, -0.1) is 0 Å². The van der Waals surface area contributed by atoms with Crippen LogP contribution in [0.4, 0.5) is 0 Å². The Morgan fingerprint density at radius 3 is 2.88 bits per heavy atom. The molecular weight excluding hydrogens is 220 g/mol. The quantitative estimate of drug-likeness (QED) is 0.648. The zero-order valence-electron chi connectivity index (χ0n) is 10.7. The van der Waals surface area contributed by atoms with E-state index in [4.69, 9.17) is 9.26 Å². The molecule has 0 atom stereocenters. The van der Waals surface area contributed by atoms with Crippen LogP contribution >= 0.6 is 0 Å². The van der Waals surface area contributed by atoms with Gasteiger partial charge in [-0.3, -0.25) is 4.79 Å². The number of hydrogen-bond acceptors (Lipinski definition) is 5. The van der Waals surface area contributed by atoms with E-state index >= 15 is 0 Å². The number of ether oxygens (including phenoxy) is 1. The normalized spacial score (nSPS) is 11.1. The average molecular weight is 240 g/mol. The SMILES string of the molecule is COCCCc1noc(CC(=O)CC(C)C)n1. The van der Waals surface area contributed by atoms with Gasteiger partial charge in [-0.1, -0.05) is 19.0 Å². The fourth-order valence-electron chi connectivity index (χ4n) is 1.53. The zero-order chi connectivity index (χ0) is 12.7. The molecular formula is C12H20N2O3. The number of aryl methyl sites for hydroxylation is 1. The van der Waals surface area contributed by atoms with Crippen LogP contribution in [0.15, 0.2) is 4.52 Å². The molecule has 0 aromatic carbocycles. The van der Waals surface area contributed by atoms with Crippen molar-refractivity contribution in [2.75, 3.05) is 13.7 Å². The molecule has 0 spiro atoms. The zero-order valence-corrected chi connectivity index (χ0v) is 10.7. The van der Waals surface area contributed by atoms with Crippen molar-refractivity contribution < 1.29 is 14.1 Å². The van der Waals surface area contributed by atoms with Crippen LogP contribution in [0.2, 0.25) is 0 Å². The van der Waals surface area contributed by atoms with E-state index in [1.165, 1.54) is 0 Å². The number of rotatable bonds is 8. The molecule has 0 saturated heterocycles. The summed E-state index contributed by atoms with van der Waals surface area (Å²) in [5.41, 5.74) is 0. The molecule has 0 aliphatic heterocycles. The van der Waals surface area contributed by atoms with E-state index < -0.39 is 0 Å². The van der Waals surface area contributed by atoms with Gasteiger partial charge in [0.1, 0.15) is 5.78 Å². The Morgan fingerprint density at radius 1 is 1.47 bits per heavy atom. The molecule has 0 N–H and O–H groups in total. The lowest BCUT2D eigenvalue weighted by Crippen LogP contribution is -2.06. The summed E-state index contributed by atoms with van der Waals surface area (Å²) in [5.74, 6) is 1.58. The summed E-state index contributed by atoms with van der Waals surface area (Å²) in [6, 6.07) is 0. The third kappa shape index (κ3) is 5.58. The Morgan fingerprint density at radius 2 is 2.24 bits per heavy atom. The monoisotopic (exact) mass is 240 g/mol. The summed E-state index contributed by atoms with van der Waals surface area (Å²) in [4.78, 5) is 15.7. The highest BCUT2D eigenvalue weighted by atomic mass is 16.5. The van der Waals surface area contributed by atoms with Crippen molar-refractivity contribution in [3.63, 3.8) is 0 Å². The van der Waals surface area contributed by atoms with Gasteiger partial charge in [0, 0.05) is 26.6 Å². The number of nitrogens with zero attached hydrogens (tertiary/aromatic N) is 2. The number of hydrogen-bond donors (Lipinski definition) is 0. The second kappa shape index (κ2) is 7.17. The lowest BCUT2D eigenvalue weighted by atomic mass is 10.1. The molecule has 1 aromatic rings. The van der Waals surface area contributed by atoms with Gasteiger partial charge in [-0.2, -0.15) is 4.98 Å². The van der Waals surface area contributed by atoms with Crippen molar-refractivity contribution in [3.05, 3.63) is 11.7 Å². The van der Waals surface area contributed by atoms with Crippen LogP contribution in [0.25, 0.3) is 0 Å². The maximum Gasteiger partial charge on any atom is 0.234 e. The molecule has 96 valence electrons. The molecule has 0 radical (unpaired) electrons. The number of Topliss-reactive ketones (excluding diaryl/α,β-unsaturated/α-hetero) is 1. The van der Waals surface area contributed by atoms with Gasteiger partial charge in [-0.05, 0) is 12.3 Å². The highest BCUT2D eigenvalue weighted by Crippen LogP contribution is 2.06. The summed E-state index contributed by atoms with van der Waals surface area (Å²) in [6.07, 6.45) is 2.38.